The van der Waals surface area contributed by atoms with Gasteiger partial charge in [0.25, 0.3) is 5.69 Å². The molecule has 0 heterocycles. The number of nitro groups is 1. The topological polar surface area (TPSA) is 87.9 Å². The van der Waals surface area contributed by atoms with Crippen LogP contribution in [0, 0.1) is 10.1 Å². The molecule has 0 saturated heterocycles. The van der Waals surface area contributed by atoms with Crippen molar-refractivity contribution in [2.24, 2.45) is 0 Å². The minimum absolute atomic E-state index is 0.136. The number of hydrogen-bond acceptors (Lipinski definition) is 6. The number of nitro benzene ring substituents is 1. The van der Waals surface area contributed by atoms with Crippen LogP contribution in [-0.2, 0) is 0 Å². The fourth-order valence-corrected chi connectivity index (χ4v) is 2.29. The standard InChI is InChI=1S/C18H17NO6/c1-23-16-10-8-12(17(24-2)18(16)25-3)7-9-15(20)13-5-4-6-14(11-13)19(21)22/h4-11H,1-3H3/b9-7+. The van der Waals surface area contributed by atoms with Crippen molar-refractivity contribution in [1.82, 2.24) is 0 Å². The van der Waals surface area contributed by atoms with Crippen LogP contribution in [0.3, 0.4) is 0 Å². The number of benzene rings is 2. The molecule has 0 fully saturated rings. The first-order valence-electron chi connectivity index (χ1n) is 7.27. The van der Waals surface area contributed by atoms with E-state index in [2.05, 4.69) is 0 Å². The second kappa shape index (κ2) is 7.96. The van der Waals surface area contributed by atoms with Gasteiger partial charge in [0.1, 0.15) is 0 Å². The van der Waals surface area contributed by atoms with Gasteiger partial charge in [0.05, 0.1) is 26.3 Å². The number of hydrogen-bond donors (Lipinski definition) is 0. The molecule has 130 valence electrons. The van der Waals surface area contributed by atoms with Crippen LogP contribution in [0.4, 0.5) is 5.69 Å². The zero-order valence-corrected chi connectivity index (χ0v) is 14.0. The molecule has 0 aliphatic rings. The van der Waals surface area contributed by atoms with E-state index in [0.717, 1.165) is 0 Å². The van der Waals surface area contributed by atoms with Gasteiger partial charge in [0.15, 0.2) is 17.3 Å². The molecule has 25 heavy (non-hydrogen) atoms. The predicted octanol–water partition coefficient (Wildman–Crippen LogP) is 3.52. The summed E-state index contributed by atoms with van der Waals surface area (Å²) in [7, 11) is 4.48. The number of ether oxygens (including phenoxy) is 3. The Morgan fingerprint density at radius 2 is 1.76 bits per heavy atom. The minimum Gasteiger partial charge on any atom is -0.493 e. The van der Waals surface area contributed by atoms with Gasteiger partial charge in [0.2, 0.25) is 5.75 Å². The highest BCUT2D eigenvalue weighted by molar-refractivity contribution is 6.07. The van der Waals surface area contributed by atoms with Gasteiger partial charge < -0.3 is 14.2 Å². The quantitative estimate of drug-likeness (QED) is 0.331. The molecule has 2 rings (SSSR count). The number of carbonyl (C=O) groups excluding carboxylic acids is 1. The molecule has 0 aromatic heterocycles. The first-order chi connectivity index (χ1) is 12.0. The van der Waals surface area contributed by atoms with Gasteiger partial charge in [-0.3, -0.25) is 14.9 Å². The Morgan fingerprint density at radius 1 is 1.04 bits per heavy atom. The SMILES string of the molecule is COc1ccc(/C=C/C(=O)c2cccc([N+](=O)[O-])c2)c(OC)c1OC. The second-order valence-corrected chi connectivity index (χ2v) is 4.93. The van der Waals surface area contributed by atoms with Crippen LogP contribution >= 0.6 is 0 Å². The molecule has 0 amide bonds. The summed E-state index contributed by atoms with van der Waals surface area (Å²) in [6, 6.07) is 8.97. The third-order valence-electron chi connectivity index (χ3n) is 3.49. The molecule has 0 N–H and O–H groups in total. The lowest BCUT2D eigenvalue weighted by molar-refractivity contribution is -0.384. The Bertz CT molecular complexity index is 828. The van der Waals surface area contributed by atoms with Crippen molar-refractivity contribution >= 4 is 17.5 Å². The predicted molar refractivity (Wildman–Crippen MR) is 92.6 cm³/mol. The number of allylic oxidation sites excluding steroid dienone is 1. The van der Waals surface area contributed by atoms with Gasteiger partial charge in [-0.25, -0.2) is 0 Å². The average molecular weight is 343 g/mol. The van der Waals surface area contributed by atoms with Crippen molar-refractivity contribution < 1.29 is 23.9 Å². The van der Waals surface area contributed by atoms with E-state index in [4.69, 9.17) is 14.2 Å². The number of carbonyl (C=O) groups is 1. The third-order valence-corrected chi connectivity index (χ3v) is 3.49. The summed E-state index contributed by atoms with van der Waals surface area (Å²) in [6.45, 7) is 0. The molecule has 0 atom stereocenters. The number of ketones is 1. The summed E-state index contributed by atoms with van der Waals surface area (Å²) in [5, 5.41) is 10.8. The van der Waals surface area contributed by atoms with Crippen LogP contribution in [0.15, 0.2) is 42.5 Å². The highest BCUT2D eigenvalue weighted by atomic mass is 16.6. The lowest BCUT2D eigenvalue weighted by Gasteiger charge is -2.13. The maximum atomic E-state index is 12.3. The van der Waals surface area contributed by atoms with Crippen LogP contribution in [0.2, 0.25) is 0 Å². The fraction of sp³-hybridized carbons (Fsp3) is 0.167. The van der Waals surface area contributed by atoms with Gasteiger partial charge in [-0.05, 0) is 24.3 Å². The zero-order chi connectivity index (χ0) is 18.4. The molecule has 0 spiro atoms. The highest BCUT2D eigenvalue weighted by Gasteiger charge is 2.15. The van der Waals surface area contributed by atoms with Crippen molar-refractivity contribution in [2.75, 3.05) is 21.3 Å². The summed E-state index contributed by atoms with van der Waals surface area (Å²) in [5.74, 6) is 0.974. The molecule has 0 aliphatic heterocycles. The van der Waals surface area contributed by atoms with E-state index < -0.39 is 4.92 Å². The Labute approximate surface area is 144 Å². The lowest BCUT2D eigenvalue weighted by Crippen LogP contribution is -1.98. The maximum absolute atomic E-state index is 12.3. The van der Waals surface area contributed by atoms with Gasteiger partial charge in [-0.15, -0.1) is 0 Å². The fourth-order valence-electron chi connectivity index (χ4n) is 2.29. The first kappa shape index (κ1) is 18.0. The Hall–Kier alpha value is -3.35. The van der Waals surface area contributed by atoms with E-state index in [-0.39, 0.29) is 17.0 Å². The average Bonchev–Trinajstić information content (AvgIpc) is 2.64. The Balaban J connectivity index is 2.34. The van der Waals surface area contributed by atoms with Gasteiger partial charge in [-0.2, -0.15) is 0 Å². The number of nitrogens with zero attached hydrogens (tertiary/aromatic N) is 1. The summed E-state index contributed by atoms with van der Waals surface area (Å²) in [6.07, 6.45) is 2.88. The zero-order valence-electron chi connectivity index (χ0n) is 14.0. The number of rotatable bonds is 7. The van der Waals surface area contributed by atoms with E-state index in [0.29, 0.717) is 22.8 Å². The van der Waals surface area contributed by atoms with Crippen molar-refractivity contribution in [3.8, 4) is 17.2 Å². The molecule has 0 saturated carbocycles. The number of non-ortho nitro benzene ring substituents is 1. The van der Waals surface area contributed by atoms with Gasteiger partial charge in [-0.1, -0.05) is 12.1 Å². The van der Waals surface area contributed by atoms with Crippen molar-refractivity contribution in [3.63, 3.8) is 0 Å². The molecule has 2 aromatic rings. The Kier molecular flexibility index (Phi) is 5.73. The van der Waals surface area contributed by atoms with Gasteiger partial charge >= 0.3 is 0 Å². The maximum Gasteiger partial charge on any atom is 0.270 e. The minimum atomic E-state index is -0.544. The van der Waals surface area contributed by atoms with Gasteiger partial charge in [0, 0.05) is 23.3 Å². The van der Waals surface area contributed by atoms with E-state index in [1.54, 1.807) is 18.2 Å². The molecular weight excluding hydrogens is 326 g/mol. The van der Waals surface area contributed by atoms with Crippen LogP contribution in [0.5, 0.6) is 17.2 Å². The molecule has 0 bridgehead atoms. The van der Waals surface area contributed by atoms with Crippen LogP contribution in [0.1, 0.15) is 15.9 Å². The molecule has 7 heteroatoms. The largest absolute Gasteiger partial charge is 0.493 e. The normalized spacial score (nSPS) is 10.5. The summed E-state index contributed by atoms with van der Waals surface area (Å²) in [5.41, 5.74) is 0.701. The lowest BCUT2D eigenvalue weighted by atomic mass is 10.1. The Morgan fingerprint density at radius 3 is 2.36 bits per heavy atom. The van der Waals surface area contributed by atoms with Crippen molar-refractivity contribution in [1.29, 1.82) is 0 Å². The second-order valence-electron chi connectivity index (χ2n) is 4.93. The third kappa shape index (κ3) is 3.95. The first-order valence-corrected chi connectivity index (χ1v) is 7.27. The van der Waals surface area contributed by atoms with Crippen LogP contribution in [0.25, 0.3) is 6.08 Å². The van der Waals surface area contributed by atoms with E-state index in [1.165, 1.54) is 51.7 Å². The number of methoxy groups -OCH3 is 3. The van der Waals surface area contributed by atoms with Crippen molar-refractivity contribution in [3.05, 3.63) is 63.7 Å². The van der Waals surface area contributed by atoms with E-state index in [9.17, 15) is 14.9 Å². The molecule has 7 nitrogen and oxygen atoms in total. The van der Waals surface area contributed by atoms with E-state index >= 15 is 0 Å². The molecule has 2 aromatic carbocycles. The van der Waals surface area contributed by atoms with E-state index in [1.807, 2.05) is 0 Å². The monoisotopic (exact) mass is 343 g/mol. The smallest absolute Gasteiger partial charge is 0.270 e. The molecular formula is C18H17NO6. The highest BCUT2D eigenvalue weighted by Crippen LogP contribution is 2.40. The summed E-state index contributed by atoms with van der Waals surface area (Å²) < 4.78 is 15.8. The molecule has 0 unspecified atom stereocenters. The van der Waals surface area contributed by atoms with Crippen LogP contribution < -0.4 is 14.2 Å². The van der Waals surface area contributed by atoms with Crippen LogP contribution in [-0.4, -0.2) is 32.0 Å². The summed E-state index contributed by atoms with van der Waals surface area (Å²) in [4.78, 5) is 22.5. The van der Waals surface area contributed by atoms with Crippen molar-refractivity contribution in [2.45, 2.75) is 0 Å². The molecule has 0 radical (unpaired) electrons. The summed E-state index contributed by atoms with van der Waals surface area (Å²) >= 11 is 0. The molecule has 0 aliphatic carbocycles.